The molecule has 7 heteroatoms. The lowest BCUT2D eigenvalue weighted by Gasteiger charge is -2.04. The minimum atomic E-state index is -0.536. The monoisotopic (exact) mass is 383 g/mol. The fourth-order valence-corrected chi connectivity index (χ4v) is 2.58. The molecule has 0 saturated carbocycles. The number of methoxy groups -OCH3 is 1. The van der Waals surface area contributed by atoms with Crippen molar-refractivity contribution in [2.75, 3.05) is 7.11 Å². The van der Waals surface area contributed by atoms with E-state index in [1.165, 1.54) is 24.3 Å². The van der Waals surface area contributed by atoms with E-state index in [-0.39, 0.29) is 25.2 Å². The highest BCUT2D eigenvalue weighted by atomic mass is 19.1. The molecule has 0 bridgehead atoms. The van der Waals surface area contributed by atoms with Crippen molar-refractivity contribution in [2.24, 2.45) is 0 Å². The lowest BCUT2D eigenvalue weighted by atomic mass is 10.1. The number of carbonyl (C=O) groups excluding carboxylic acids is 2. The topological polar surface area (TPSA) is 78.6 Å². The number of ether oxygens (including phenoxy) is 2. The number of hydrogen-bond donors (Lipinski definition) is 0. The molecule has 6 nitrogen and oxygen atoms in total. The van der Waals surface area contributed by atoms with Gasteiger partial charge in [0.05, 0.1) is 13.5 Å². The Bertz CT molecular complexity index is 965. The summed E-state index contributed by atoms with van der Waals surface area (Å²) in [5, 5.41) is 3.96. The molecule has 0 atom stereocenters. The molecule has 1 aromatic heterocycles. The Labute approximate surface area is 160 Å². The molecule has 3 aromatic rings. The number of benzene rings is 2. The molecular formula is C21H18FNO5. The van der Waals surface area contributed by atoms with E-state index in [4.69, 9.17) is 14.0 Å². The van der Waals surface area contributed by atoms with Gasteiger partial charge >= 0.3 is 5.97 Å². The van der Waals surface area contributed by atoms with Gasteiger partial charge in [0.2, 0.25) is 0 Å². The standard InChI is InChI=1S/C21H18FNO5/c1-26-20-5-3-2-4-17(20)18-12-16(28-23-18)13-27-21(25)11-10-19(24)14-6-8-15(22)9-7-14/h2-9,12H,10-11,13H2,1H3. The third-order valence-corrected chi connectivity index (χ3v) is 4.04. The van der Waals surface area contributed by atoms with Gasteiger partial charge in [0, 0.05) is 23.6 Å². The van der Waals surface area contributed by atoms with Crippen molar-refractivity contribution in [3.63, 3.8) is 0 Å². The molecule has 0 amide bonds. The van der Waals surface area contributed by atoms with E-state index in [0.29, 0.717) is 22.8 Å². The van der Waals surface area contributed by atoms with Crippen LogP contribution in [0.3, 0.4) is 0 Å². The fraction of sp³-hybridized carbons (Fsp3) is 0.190. The highest BCUT2D eigenvalue weighted by molar-refractivity contribution is 5.97. The van der Waals surface area contributed by atoms with Gasteiger partial charge in [0.1, 0.15) is 17.3 Å². The normalized spacial score (nSPS) is 10.5. The van der Waals surface area contributed by atoms with Crippen LogP contribution in [-0.4, -0.2) is 24.0 Å². The summed E-state index contributed by atoms with van der Waals surface area (Å²) in [5.41, 5.74) is 1.68. The summed E-state index contributed by atoms with van der Waals surface area (Å²) in [6, 6.07) is 14.2. The quantitative estimate of drug-likeness (QED) is 0.429. The van der Waals surface area contributed by atoms with Crippen LogP contribution in [0.25, 0.3) is 11.3 Å². The van der Waals surface area contributed by atoms with Crippen LogP contribution >= 0.6 is 0 Å². The average Bonchev–Trinajstić information content (AvgIpc) is 3.20. The van der Waals surface area contributed by atoms with E-state index in [1.807, 2.05) is 24.3 Å². The summed E-state index contributed by atoms with van der Waals surface area (Å²) in [6.45, 7) is -0.0915. The molecule has 0 spiro atoms. The van der Waals surface area contributed by atoms with E-state index in [1.54, 1.807) is 13.2 Å². The maximum absolute atomic E-state index is 12.9. The summed E-state index contributed by atoms with van der Waals surface area (Å²) >= 11 is 0. The Morgan fingerprint density at radius 3 is 2.57 bits per heavy atom. The lowest BCUT2D eigenvalue weighted by molar-refractivity contribution is -0.145. The van der Waals surface area contributed by atoms with Crippen molar-refractivity contribution >= 4 is 11.8 Å². The SMILES string of the molecule is COc1ccccc1-c1cc(COC(=O)CCC(=O)c2ccc(F)cc2)on1. The largest absolute Gasteiger partial charge is 0.496 e. The van der Waals surface area contributed by atoms with Crippen LogP contribution in [0.2, 0.25) is 0 Å². The van der Waals surface area contributed by atoms with Crippen LogP contribution in [0.4, 0.5) is 4.39 Å². The third-order valence-electron chi connectivity index (χ3n) is 4.04. The summed E-state index contributed by atoms with van der Waals surface area (Å²) in [4.78, 5) is 23.9. The van der Waals surface area contributed by atoms with Crippen LogP contribution in [-0.2, 0) is 16.1 Å². The second kappa shape index (κ2) is 8.94. The molecule has 0 unspecified atom stereocenters. The van der Waals surface area contributed by atoms with E-state index in [0.717, 1.165) is 5.56 Å². The highest BCUT2D eigenvalue weighted by Gasteiger charge is 2.14. The van der Waals surface area contributed by atoms with Gasteiger partial charge in [0.25, 0.3) is 0 Å². The molecule has 0 radical (unpaired) electrons. The van der Waals surface area contributed by atoms with Crippen LogP contribution in [0.5, 0.6) is 5.75 Å². The maximum Gasteiger partial charge on any atom is 0.306 e. The van der Waals surface area contributed by atoms with Gasteiger partial charge in [-0.2, -0.15) is 0 Å². The van der Waals surface area contributed by atoms with Crippen molar-refractivity contribution in [3.8, 4) is 17.0 Å². The van der Waals surface area contributed by atoms with E-state index >= 15 is 0 Å². The van der Waals surface area contributed by atoms with Gasteiger partial charge < -0.3 is 14.0 Å². The number of esters is 1. The minimum Gasteiger partial charge on any atom is -0.496 e. The summed E-state index contributed by atoms with van der Waals surface area (Å²) in [7, 11) is 1.56. The van der Waals surface area contributed by atoms with Crippen LogP contribution in [0, 0.1) is 5.82 Å². The first-order chi connectivity index (χ1) is 13.6. The summed E-state index contributed by atoms with van der Waals surface area (Å²) < 4.78 is 28.5. The number of carbonyl (C=O) groups is 2. The molecule has 0 fully saturated rings. The average molecular weight is 383 g/mol. The molecule has 2 aromatic carbocycles. The number of hydrogen-bond acceptors (Lipinski definition) is 6. The van der Waals surface area contributed by atoms with Crippen molar-refractivity contribution in [3.05, 3.63) is 71.7 Å². The predicted molar refractivity (Wildman–Crippen MR) is 98.3 cm³/mol. The van der Waals surface area contributed by atoms with E-state index in [2.05, 4.69) is 5.16 Å². The van der Waals surface area contributed by atoms with E-state index < -0.39 is 11.8 Å². The Morgan fingerprint density at radius 1 is 1.07 bits per heavy atom. The van der Waals surface area contributed by atoms with Gasteiger partial charge in [-0.05, 0) is 36.4 Å². The fourth-order valence-electron chi connectivity index (χ4n) is 2.58. The molecule has 0 N–H and O–H groups in total. The first-order valence-electron chi connectivity index (χ1n) is 8.60. The zero-order chi connectivity index (χ0) is 19.9. The number of halogens is 1. The molecule has 0 aliphatic carbocycles. The summed E-state index contributed by atoms with van der Waals surface area (Å²) in [6.07, 6.45) is -0.100. The molecule has 28 heavy (non-hydrogen) atoms. The summed E-state index contributed by atoms with van der Waals surface area (Å²) in [5.74, 6) is -0.186. The van der Waals surface area contributed by atoms with Gasteiger partial charge in [-0.15, -0.1) is 0 Å². The van der Waals surface area contributed by atoms with Crippen molar-refractivity contribution < 1.29 is 28.0 Å². The van der Waals surface area contributed by atoms with Gasteiger partial charge in [-0.1, -0.05) is 17.3 Å². The zero-order valence-corrected chi connectivity index (χ0v) is 15.2. The molecule has 1 heterocycles. The molecule has 0 aliphatic heterocycles. The molecular weight excluding hydrogens is 365 g/mol. The zero-order valence-electron chi connectivity index (χ0n) is 15.2. The Balaban J connectivity index is 1.50. The van der Waals surface area contributed by atoms with Crippen molar-refractivity contribution in [1.82, 2.24) is 5.16 Å². The van der Waals surface area contributed by atoms with Crippen LogP contribution in [0.15, 0.2) is 59.1 Å². The molecule has 0 aliphatic rings. The van der Waals surface area contributed by atoms with Crippen molar-refractivity contribution in [2.45, 2.75) is 19.4 Å². The number of ketones is 1. The van der Waals surface area contributed by atoms with Gasteiger partial charge in [-0.25, -0.2) is 4.39 Å². The van der Waals surface area contributed by atoms with E-state index in [9.17, 15) is 14.0 Å². The first-order valence-corrected chi connectivity index (χ1v) is 8.60. The number of nitrogens with zero attached hydrogens (tertiary/aromatic N) is 1. The third kappa shape index (κ3) is 4.82. The first kappa shape index (κ1) is 19.3. The number of Topliss-reactive ketones (excluding diaryl/α,β-unsaturated/α-hetero) is 1. The lowest BCUT2D eigenvalue weighted by Crippen LogP contribution is -2.08. The second-order valence-electron chi connectivity index (χ2n) is 5.97. The maximum atomic E-state index is 12.9. The number of para-hydroxylation sites is 1. The predicted octanol–water partition coefficient (Wildman–Crippen LogP) is 4.20. The Hall–Kier alpha value is -3.48. The Morgan fingerprint density at radius 2 is 1.82 bits per heavy atom. The van der Waals surface area contributed by atoms with Crippen molar-refractivity contribution in [1.29, 1.82) is 0 Å². The van der Waals surface area contributed by atoms with Crippen LogP contribution < -0.4 is 4.74 Å². The molecule has 144 valence electrons. The smallest absolute Gasteiger partial charge is 0.306 e. The van der Waals surface area contributed by atoms with Gasteiger partial charge in [-0.3, -0.25) is 9.59 Å². The molecule has 0 saturated heterocycles. The highest BCUT2D eigenvalue weighted by Crippen LogP contribution is 2.29. The van der Waals surface area contributed by atoms with Gasteiger partial charge in [0.15, 0.2) is 18.2 Å². The van der Waals surface area contributed by atoms with Crippen LogP contribution in [0.1, 0.15) is 29.0 Å². The number of rotatable bonds is 8. The minimum absolute atomic E-state index is 0.0205. The second-order valence-corrected chi connectivity index (χ2v) is 5.97. The molecule has 3 rings (SSSR count). The Kier molecular flexibility index (Phi) is 6.16. The number of aromatic nitrogens is 1.